The number of ether oxygens (including phenoxy) is 2. The maximum Gasteiger partial charge on any atom is 0.146 e. The van der Waals surface area contributed by atoms with Crippen molar-refractivity contribution in [2.24, 2.45) is 5.41 Å². The zero-order valence-corrected chi connectivity index (χ0v) is 13.4. The summed E-state index contributed by atoms with van der Waals surface area (Å²) in [6, 6.07) is 8.21. The van der Waals surface area contributed by atoms with Gasteiger partial charge < -0.3 is 14.6 Å². The minimum atomic E-state index is -0.593. The molecule has 122 valence electrons. The quantitative estimate of drug-likeness (QED) is 0.878. The fraction of sp³-hybridized carbons (Fsp3) is 0.412. The number of aromatic nitrogens is 3. The minimum Gasteiger partial charge on any atom is -0.510 e. The Kier molecular flexibility index (Phi) is 4.45. The molecule has 2 heterocycles. The largest absolute Gasteiger partial charge is 0.510 e. The lowest BCUT2D eigenvalue weighted by Gasteiger charge is -2.33. The number of hydrogen-bond acceptors (Lipinski definition) is 5. The number of aliphatic hydroxyl groups is 1. The average Bonchev–Trinajstić information content (AvgIpc) is 3.08. The molecule has 0 bridgehead atoms. The molecule has 3 rings (SSSR count). The first-order valence-electron chi connectivity index (χ1n) is 7.57. The molecule has 1 fully saturated rings. The molecular formula is C17H21N3O3. The molecule has 6 heteroatoms. The van der Waals surface area contributed by atoms with Crippen LogP contribution in [0.5, 0.6) is 0 Å². The Morgan fingerprint density at radius 2 is 1.96 bits per heavy atom. The summed E-state index contributed by atoms with van der Waals surface area (Å²) >= 11 is 0. The first-order valence-corrected chi connectivity index (χ1v) is 7.57. The van der Waals surface area contributed by atoms with Crippen LogP contribution < -0.4 is 0 Å². The van der Waals surface area contributed by atoms with Gasteiger partial charge in [-0.1, -0.05) is 29.8 Å². The highest BCUT2D eigenvalue weighted by Gasteiger charge is 2.35. The second-order valence-corrected chi connectivity index (χ2v) is 6.17. The second kappa shape index (κ2) is 6.52. The summed E-state index contributed by atoms with van der Waals surface area (Å²) in [5.41, 5.74) is 2.38. The Bertz CT molecular complexity index is 672. The van der Waals surface area contributed by atoms with E-state index in [-0.39, 0.29) is 12.6 Å². The van der Waals surface area contributed by atoms with Crippen LogP contribution in [0, 0.1) is 12.3 Å². The number of rotatable bonds is 4. The Morgan fingerprint density at radius 1 is 1.26 bits per heavy atom. The summed E-state index contributed by atoms with van der Waals surface area (Å²) in [5.74, 6) is 0.225. The third-order valence-electron chi connectivity index (χ3n) is 4.04. The van der Waals surface area contributed by atoms with Gasteiger partial charge in [-0.2, -0.15) is 5.10 Å². The normalized spacial score (nSPS) is 18.5. The molecule has 1 aliphatic heterocycles. The lowest BCUT2D eigenvalue weighted by Crippen LogP contribution is -2.37. The van der Waals surface area contributed by atoms with Crippen molar-refractivity contribution < 1.29 is 14.6 Å². The van der Waals surface area contributed by atoms with Crippen LogP contribution in [0.15, 0.2) is 42.7 Å². The van der Waals surface area contributed by atoms with Gasteiger partial charge in [-0.25, -0.2) is 9.67 Å². The fourth-order valence-corrected chi connectivity index (χ4v) is 2.64. The summed E-state index contributed by atoms with van der Waals surface area (Å²) in [4.78, 5) is 3.99. The Labute approximate surface area is 135 Å². The number of hydrogen-bond donors (Lipinski definition) is 1. The molecule has 0 unspecified atom stereocenters. The van der Waals surface area contributed by atoms with E-state index in [1.807, 2.05) is 13.8 Å². The van der Waals surface area contributed by atoms with Crippen molar-refractivity contribution in [3.8, 4) is 0 Å². The molecule has 0 saturated carbocycles. The molecule has 0 atom stereocenters. The monoisotopic (exact) mass is 315 g/mol. The van der Waals surface area contributed by atoms with Gasteiger partial charge in [0.1, 0.15) is 25.2 Å². The molecule has 0 amide bonds. The zero-order valence-electron chi connectivity index (χ0n) is 13.4. The second-order valence-electron chi connectivity index (χ2n) is 6.17. The first kappa shape index (κ1) is 15.7. The van der Waals surface area contributed by atoms with Crippen molar-refractivity contribution in [3.63, 3.8) is 0 Å². The van der Waals surface area contributed by atoms with Crippen LogP contribution >= 0.6 is 0 Å². The average molecular weight is 315 g/mol. The lowest BCUT2D eigenvalue weighted by atomic mass is 9.87. The Balaban J connectivity index is 1.98. The number of aryl methyl sites for hydroxylation is 1. The van der Waals surface area contributed by atoms with Crippen molar-refractivity contribution in [2.45, 2.75) is 20.3 Å². The van der Waals surface area contributed by atoms with E-state index in [4.69, 9.17) is 9.47 Å². The maximum absolute atomic E-state index is 10.9. The van der Waals surface area contributed by atoms with Gasteiger partial charge in [-0.3, -0.25) is 0 Å². The van der Waals surface area contributed by atoms with Gasteiger partial charge >= 0.3 is 0 Å². The van der Waals surface area contributed by atoms with Gasteiger partial charge in [-0.15, -0.1) is 0 Å². The van der Waals surface area contributed by atoms with Gasteiger partial charge in [0.15, 0.2) is 0 Å². The van der Waals surface area contributed by atoms with Crippen LogP contribution in [0.1, 0.15) is 18.1 Å². The lowest BCUT2D eigenvalue weighted by molar-refractivity contribution is -0.155. The van der Waals surface area contributed by atoms with Crippen LogP contribution in [0.25, 0.3) is 5.70 Å². The number of aliphatic hydroxyl groups excluding tert-OH is 1. The van der Waals surface area contributed by atoms with Gasteiger partial charge in [0.05, 0.1) is 24.3 Å². The summed E-state index contributed by atoms with van der Waals surface area (Å²) in [7, 11) is 0. The highest BCUT2D eigenvalue weighted by atomic mass is 16.7. The van der Waals surface area contributed by atoms with Crippen LogP contribution in [-0.2, 0) is 15.9 Å². The maximum atomic E-state index is 10.9. The Hall–Kier alpha value is -2.18. The molecular weight excluding hydrogens is 294 g/mol. The van der Waals surface area contributed by atoms with Gasteiger partial charge in [0.2, 0.25) is 0 Å². The molecule has 1 N–H and O–H groups in total. The van der Waals surface area contributed by atoms with E-state index in [9.17, 15) is 5.11 Å². The molecule has 1 saturated heterocycles. The molecule has 0 radical (unpaired) electrons. The predicted octanol–water partition coefficient (Wildman–Crippen LogP) is 2.57. The minimum absolute atomic E-state index is 0.225. The van der Waals surface area contributed by atoms with E-state index in [1.54, 1.807) is 11.0 Å². The van der Waals surface area contributed by atoms with E-state index >= 15 is 0 Å². The molecule has 1 aliphatic rings. The molecule has 1 aromatic carbocycles. The topological polar surface area (TPSA) is 69.4 Å². The molecule has 0 spiro atoms. The van der Waals surface area contributed by atoms with Crippen molar-refractivity contribution >= 4 is 5.70 Å². The highest BCUT2D eigenvalue weighted by molar-refractivity contribution is 5.52. The van der Waals surface area contributed by atoms with Crippen LogP contribution in [0.3, 0.4) is 0 Å². The molecule has 6 nitrogen and oxygen atoms in total. The van der Waals surface area contributed by atoms with E-state index in [0.29, 0.717) is 25.3 Å². The van der Waals surface area contributed by atoms with Gasteiger partial charge in [0, 0.05) is 6.42 Å². The first-order chi connectivity index (χ1) is 11.1. The van der Waals surface area contributed by atoms with E-state index in [2.05, 4.69) is 34.3 Å². The highest BCUT2D eigenvalue weighted by Crippen LogP contribution is 2.33. The zero-order chi connectivity index (χ0) is 16.3. The summed E-state index contributed by atoms with van der Waals surface area (Å²) in [6.45, 7) is 5.05. The SMILES string of the molecule is Cc1ccc(C/C(=C(\O)C2(C)COCOC2)n2cncn2)cc1. The van der Waals surface area contributed by atoms with Crippen LogP contribution in [0.2, 0.25) is 0 Å². The summed E-state index contributed by atoms with van der Waals surface area (Å²) < 4.78 is 12.4. The number of benzene rings is 1. The van der Waals surface area contributed by atoms with Crippen LogP contribution in [-0.4, -0.2) is 39.9 Å². The van der Waals surface area contributed by atoms with Crippen LogP contribution in [0.4, 0.5) is 0 Å². The molecule has 0 aliphatic carbocycles. The number of nitrogens with zero attached hydrogens (tertiary/aromatic N) is 3. The molecule has 23 heavy (non-hydrogen) atoms. The standard InChI is InChI=1S/C17H21N3O3/c1-13-3-5-14(6-4-13)7-15(20-11-18-10-19-20)16(21)17(2)8-22-12-23-9-17/h3-6,10-11,21H,7-9,12H2,1-2H3/b16-15+. The van der Waals surface area contributed by atoms with Crippen molar-refractivity contribution in [1.29, 1.82) is 0 Å². The van der Waals surface area contributed by atoms with Gasteiger partial charge in [0.25, 0.3) is 0 Å². The van der Waals surface area contributed by atoms with Crippen molar-refractivity contribution in [2.75, 3.05) is 20.0 Å². The van der Waals surface area contributed by atoms with E-state index in [0.717, 1.165) is 5.56 Å². The summed E-state index contributed by atoms with van der Waals surface area (Å²) in [5, 5.41) is 15.1. The smallest absolute Gasteiger partial charge is 0.146 e. The number of allylic oxidation sites excluding steroid dienone is 1. The van der Waals surface area contributed by atoms with Crippen molar-refractivity contribution in [1.82, 2.24) is 14.8 Å². The summed E-state index contributed by atoms with van der Waals surface area (Å²) in [6.07, 6.45) is 3.59. The van der Waals surface area contributed by atoms with E-state index in [1.165, 1.54) is 11.9 Å². The van der Waals surface area contributed by atoms with E-state index < -0.39 is 5.41 Å². The third kappa shape index (κ3) is 3.43. The molecule has 1 aromatic heterocycles. The third-order valence-corrected chi connectivity index (χ3v) is 4.04. The predicted molar refractivity (Wildman–Crippen MR) is 85.6 cm³/mol. The molecule has 2 aromatic rings. The Morgan fingerprint density at radius 3 is 2.57 bits per heavy atom. The van der Waals surface area contributed by atoms with Gasteiger partial charge in [-0.05, 0) is 19.4 Å². The van der Waals surface area contributed by atoms with Crippen molar-refractivity contribution in [3.05, 3.63) is 53.8 Å². The fourth-order valence-electron chi connectivity index (χ4n) is 2.64.